The number of hydrogen-bond acceptors (Lipinski definition) is 6. The van der Waals surface area contributed by atoms with E-state index in [1.54, 1.807) is 42.7 Å². The van der Waals surface area contributed by atoms with Crippen LogP contribution in [0.25, 0.3) is 11.0 Å². The summed E-state index contributed by atoms with van der Waals surface area (Å²) in [5.41, 5.74) is 1.48. The third-order valence-electron chi connectivity index (χ3n) is 5.79. The van der Waals surface area contributed by atoms with Crippen molar-refractivity contribution >= 4 is 22.7 Å². The number of rotatable bonds is 6. The number of aliphatic hydroxyl groups is 1. The number of carbonyl (C=O) groups is 2. The molecule has 0 fully saturated rings. The zero-order valence-corrected chi connectivity index (χ0v) is 18.1. The average molecular weight is 458 g/mol. The number of furan rings is 1. The summed E-state index contributed by atoms with van der Waals surface area (Å²) in [6.45, 7) is 0.109. The monoisotopic (exact) mass is 458 g/mol. The molecule has 0 spiro atoms. The molecule has 1 aliphatic heterocycles. The molecule has 34 heavy (non-hydrogen) atoms. The number of hydrogen-bond donors (Lipinski definition) is 1. The second-order valence-electron chi connectivity index (χ2n) is 7.82. The van der Waals surface area contributed by atoms with E-state index in [9.17, 15) is 19.1 Å². The van der Waals surface area contributed by atoms with Crippen LogP contribution in [0.3, 0.4) is 0 Å². The fraction of sp³-hybridized carbons (Fsp3) is 0.115. The fourth-order valence-corrected chi connectivity index (χ4v) is 4.17. The first kappa shape index (κ1) is 21.4. The number of para-hydroxylation sites is 1. The van der Waals surface area contributed by atoms with E-state index in [0.29, 0.717) is 22.3 Å². The molecule has 170 valence electrons. The Labute approximate surface area is 193 Å². The van der Waals surface area contributed by atoms with Crippen LogP contribution in [0.5, 0.6) is 5.75 Å². The van der Waals surface area contributed by atoms with Crippen LogP contribution < -0.4 is 4.74 Å². The molecule has 1 N–H and O–H groups in total. The van der Waals surface area contributed by atoms with E-state index in [1.807, 2.05) is 0 Å². The van der Waals surface area contributed by atoms with Gasteiger partial charge in [-0.05, 0) is 47.5 Å². The highest BCUT2D eigenvalue weighted by molar-refractivity contribution is 6.16. The van der Waals surface area contributed by atoms with Gasteiger partial charge in [-0.15, -0.1) is 0 Å². The van der Waals surface area contributed by atoms with Crippen molar-refractivity contribution in [3.05, 3.63) is 107 Å². The lowest BCUT2D eigenvalue weighted by Crippen LogP contribution is -2.30. The van der Waals surface area contributed by atoms with Gasteiger partial charge in [-0.1, -0.05) is 24.3 Å². The summed E-state index contributed by atoms with van der Waals surface area (Å²) < 4.78 is 24.7. The molecule has 4 aromatic rings. The maximum Gasteiger partial charge on any atom is 0.290 e. The first-order valence-corrected chi connectivity index (χ1v) is 10.5. The summed E-state index contributed by atoms with van der Waals surface area (Å²) in [4.78, 5) is 32.1. The number of methoxy groups -OCH3 is 1. The second-order valence-corrected chi connectivity index (χ2v) is 7.82. The number of benzene rings is 2. The number of nitrogens with zero attached hydrogens (tertiary/aromatic N) is 2. The Hall–Kier alpha value is -4.46. The lowest BCUT2D eigenvalue weighted by Gasteiger charge is -2.26. The largest absolute Gasteiger partial charge is 0.503 e. The molecule has 0 bridgehead atoms. The molecule has 1 atom stereocenters. The minimum absolute atomic E-state index is 0.0493. The van der Waals surface area contributed by atoms with Crippen molar-refractivity contribution < 1.29 is 28.2 Å². The van der Waals surface area contributed by atoms with Crippen LogP contribution in [0.2, 0.25) is 0 Å². The quantitative estimate of drug-likeness (QED) is 0.419. The molecule has 1 unspecified atom stereocenters. The highest BCUT2D eigenvalue weighted by atomic mass is 19.1. The van der Waals surface area contributed by atoms with Gasteiger partial charge in [-0.25, -0.2) is 4.39 Å². The number of carbonyl (C=O) groups excluding carboxylic acids is 2. The zero-order chi connectivity index (χ0) is 23.8. The number of ketones is 1. The minimum Gasteiger partial charge on any atom is -0.503 e. The van der Waals surface area contributed by atoms with E-state index in [1.165, 1.54) is 42.3 Å². The van der Waals surface area contributed by atoms with E-state index < -0.39 is 29.3 Å². The van der Waals surface area contributed by atoms with Gasteiger partial charge < -0.3 is 19.2 Å². The smallest absolute Gasteiger partial charge is 0.290 e. The van der Waals surface area contributed by atoms with Gasteiger partial charge in [-0.2, -0.15) is 0 Å². The molecule has 1 aliphatic rings. The number of halogens is 1. The number of fused-ring (bicyclic) bond motifs is 1. The Balaban J connectivity index is 1.60. The number of Topliss-reactive ketones (excluding diaryl/α,β-unsaturated/α-hetero) is 1. The molecule has 0 radical (unpaired) electrons. The minimum atomic E-state index is -0.941. The first-order valence-electron chi connectivity index (χ1n) is 10.5. The summed E-state index contributed by atoms with van der Waals surface area (Å²) in [5, 5.41) is 11.5. The van der Waals surface area contributed by atoms with Gasteiger partial charge in [0.05, 0.1) is 18.7 Å². The number of pyridine rings is 1. The number of ether oxygens (including phenoxy) is 1. The van der Waals surface area contributed by atoms with Crippen molar-refractivity contribution in [2.45, 2.75) is 12.6 Å². The Bertz CT molecular complexity index is 1430. The Morgan fingerprint density at radius 1 is 1.15 bits per heavy atom. The number of aromatic nitrogens is 1. The Morgan fingerprint density at radius 3 is 2.59 bits per heavy atom. The summed E-state index contributed by atoms with van der Waals surface area (Å²) >= 11 is 0. The molecule has 1 amide bonds. The molecule has 8 heteroatoms. The predicted octanol–water partition coefficient (Wildman–Crippen LogP) is 4.75. The van der Waals surface area contributed by atoms with E-state index in [4.69, 9.17) is 9.15 Å². The number of amides is 1. The molecule has 7 nitrogen and oxygen atoms in total. The lowest BCUT2D eigenvalue weighted by molar-refractivity contribution is -0.130. The number of aliphatic hydroxyl groups excluding tert-OH is 1. The van der Waals surface area contributed by atoms with Crippen LogP contribution in [0, 0.1) is 5.82 Å². The van der Waals surface area contributed by atoms with E-state index in [2.05, 4.69) is 4.98 Å². The van der Waals surface area contributed by atoms with Crippen molar-refractivity contribution in [2.75, 3.05) is 7.11 Å². The maximum atomic E-state index is 13.6. The molecule has 2 aromatic carbocycles. The van der Waals surface area contributed by atoms with Crippen molar-refractivity contribution in [1.82, 2.24) is 9.88 Å². The normalized spacial score (nSPS) is 15.9. The van der Waals surface area contributed by atoms with Gasteiger partial charge in [0.2, 0.25) is 5.78 Å². The predicted molar refractivity (Wildman–Crippen MR) is 121 cm³/mol. The van der Waals surface area contributed by atoms with Crippen molar-refractivity contribution in [3.63, 3.8) is 0 Å². The summed E-state index contributed by atoms with van der Waals surface area (Å²) in [6, 6.07) is 14.8. The molecule has 0 saturated carbocycles. The summed E-state index contributed by atoms with van der Waals surface area (Å²) in [7, 11) is 1.49. The average Bonchev–Trinajstić information content (AvgIpc) is 3.40. The van der Waals surface area contributed by atoms with Gasteiger partial charge in [0.1, 0.15) is 5.82 Å². The van der Waals surface area contributed by atoms with Crippen LogP contribution in [0.1, 0.15) is 27.7 Å². The Kier molecular flexibility index (Phi) is 5.33. The van der Waals surface area contributed by atoms with Gasteiger partial charge in [0.15, 0.2) is 22.9 Å². The molecule has 3 heterocycles. The van der Waals surface area contributed by atoms with E-state index in [0.717, 1.165) is 5.56 Å². The second kappa shape index (κ2) is 8.47. The van der Waals surface area contributed by atoms with Crippen LogP contribution >= 0.6 is 0 Å². The van der Waals surface area contributed by atoms with Gasteiger partial charge >= 0.3 is 0 Å². The van der Waals surface area contributed by atoms with E-state index >= 15 is 0 Å². The van der Waals surface area contributed by atoms with Crippen LogP contribution in [0.15, 0.2) is 88.8 Å². The molecule has 0 aliphatic carbocycles. The van der Waals surface area contributed by atoms with Gasteiger partial charge in [-0.3, -0.25) is 14.6 Å². The molecule has 2 aromatic heterocycles. The van der Waals surface area contributed by atoms with Crippen molar-refractivity contribution in [1.29, 1.82) is 0 Å². The van der Waals surface area contributed by atoms with E-state index in [-0.39, 0.29) is 17.9 Å². The van der Waals surface area contributed by atoms with Crippen molar-refractivity contribution in [3.8, 4) is 5.75 Å². The highest BCUT2D eigenvalue weighted by Gasteiger charge is 2.44. The molecule has 0 saturated heterocycles. The molecular formula is C26H19FN2O5. The maximum absolute atomic E-state index is 13.6. The van der Waals surface area contributed by atoms with Crippen LogP contribution in [-0.4, -0.2) is 33.8 Å². The summed E-state index contributed by atoms with van der Waals surface area (Å²) in [6.07, 6.45) is 3.17. The van der Waals surface area contributed by atoms with Crippen molar-refractivity contribution in [2.24, 2.45) is 0 Å². The van der Waals surface area contributed by atoms with Gasteiger partial charge in [0, 0.05) is 24.3 Å². The third-order valence-corrected chi connectivity index (χ3v) is 5.79. The van der Waals surface area contributed by atoms with Crippen LogP contribution in [0.4, 0.5) is 4.39 Å². The topological polar surface area (TPSA) is 92.9 Å². The zero-order valence-electron chi connectivity index (χ0n) is 18.1. The SMILES string of the molecule is COc1cccc2cc(C(=O)C3=C(O)C(=O)N(Cc4ccncc4)C3c3ccc(F)cc3)oc12. The van der Waals surface area contributed by atoms with Crippen LogP contribution in [-0.2, 0) is 11.3 Å². The standard InChI is InChI=1S/C26H19FN2O5/c1-33-19-4-2-3-17-13-20(34-25(17)19)23(30)21-22(16-5-7-18(27)8-6-16)29(26(32)24(21)31)14-15-9-11-28-12-10-15/h2-13,22,31H,14H2,1H3. The Morgan fingerprint density at radius 2 is 1.88 bits per heavy atom. The summed E-state index contributed by atoms with van der Waals surface area (Å²) in [5.74, 6) is -2.07. The molecule has 5 rings (SSSR count). The third kappa shape index (κ3) is 3.59. The highest BCUT2D eigenvalue weighted by Crippen LogP contribution is 2.41. The van der Waals surface area contributed by atoms with Gasteiger partial charge in [0.25, 0.3) is 5.91 Å². The fourth-order valence-electron chi connectivity index (χ4n) is 4.17. The lowest BCUT2D eigenvalue weighted by atomic mass is 9.94. The molecular weight excluding hydrogens is 439 g/mol. The first-order chi connectivity index (χ1) is 16.5.